The minimum absolute atomic E-state index is 0.0976. The predicted molar refractivity (Wildman–Crippen MR) is 83.7 cm³/mol. The van der Waals surface area contributed by atoms with Crippen molar-refractivity contribution < 1.29 is 4.79 Å². The van der Waals surface area contributed by atoms with E-state index in [0.29, 0.717) is 16.8 Å². The van der Waals surface area contributed by atoms with Crippen molar-refractivity contribution in [2.24, 2.45) is 5.92 Å². The molecule has 0 unspecified atom stereocenters. The van der Waals surface area contributed by atoms with Crippen LogP contribution in [0, 0.1) is 5.92 Å². The molecule has 0 bridgehead atoms. The lowest BCUT2D eigenvalue weighted by Crippen LogP contribution is -2.17. The maximum atomic E-state index is 12.3. The summed E-state index contributed by atoms with van der Waals surface area (Å²) in [6.45, 7) is 4.27. The zero-order valence-corrected chi connectivity index (χ0v) is 13.2. The lowest BCUT2D eigenvalue weighted by atomic mass is 10.2. The molecule has 1 aliphatic rings. The number of anilines is 1. The Morgan fingerprint density at radius 1 is 1.57 bits per heavy atom. The summed E-state index contributed by atoms with van der Waals surface area (Å²) in [7, 11) is 0. The molecule has 6 heteroatoms. The molecule has 21 heavy (non-hydrogen) atoms. The first-order valence-electron chi connectivity index (χ1n) is 7.48. The SMILES string of the molecule is CCCc1ncc(C(=O)Nc2ccnn2[C@H](C)C2CC2)s1. The number of carbonyl (C=O) groups excluding carboxylic acids is 1. The number of amides is 1. The maximum Gasteiger partial charge on any atom is 0.268 e. The second kappa shape index (κ2) is 5.97. The van der Waals surface area contributed by atoms with Crippen LogP contribution in [0.1, 0.15) is 53.8 Å². The fourth-order valence-corrected chi connectivity index (χ4v) is 3.35. The van der Waals surface area contributed by atoms with Gasteiger partial charge in [0.15, 0.2) is 0 Å². The van der Waals surface area contributed by atoms with Gasteiger partial charge in [-0.3, -0.25) is 4.79 Å². The van der Waals surface area contributed by atoms with Gasteiger partial charge in [0, 0.05) is 6.07 Å². The Labute approximate surface area is 128 Å². The van der Waals surface area contributed by atoms with Gasteiger partial charge in [0.1, 0.15) is 10.7 Å². The van der Waals surface area contributed by atoms with Crippen LogP contribution in [0.15, 0.2) is 18.5 Å². The average molecular weight is 304 g/mol. The smallest absolute Gasteiger partial charge is 0.268 e. The van der Waals surface area contributed by atoms with E-state index in [9.17, 15) is 4.79 Å². The van der Waals surface area contributed by atoms with Gasteiger partial charge in [0.2, 0.25) is 0 Å². The number of aryl methyl sites for hydroxylation is 1. The Morgan fingerprint density at radius 3 is 3.10 bits per heavy atom. The van der Waals surface area contributed by atoms with Crippen LogP contribution in [0.3, 0.4) is 0 Å². The largest absolute Gasteiger partial charge is 0.306 e. The standard InChI is InChI=1S/C15H20N4OS/c1-3-4-14-16-9-12(21-14)15(20)18-13-7-8-17-19(13)10(2)11-5-6-11/h7-11H,3-6H2,1-2H3,(H,18,20)/t10-/m1/s1. The molecule has 0 radical (unpaired) electrons. The van der Waals surface area contributed by atoms with Crippen molar-refractivity contribution in [2.75, 3.05) is 5.32 Å². The second-order valence-electron chi connectivity index (χ2n) is 5.56. The highest BCUT2D eigenvalue weighted by Gasteiger charge is 2.30. The van der Waals surface area contributed by atoms with Crippen LogP contribution in [-0.2, 0) is 6.42 Å². The molecule has 0 aromatic carbocycles. The van der Waals surface area contributed by atoms with E-state index in [2.05, 4.69) is 29.2 Å². The van der Waals surface area contributed by atoms with Crippen molar-refractivity contribution in [1.29, 1.82) is 0 Å². The predicted octanol–water partition coefficient (Wildman–Crippen LogP) is 3.52. The van der Waals surface area contributed by atoms with Gasteiger partial charge < -0.3 is 5.32 Å². The van der Waals surface area contributed by atoms with Crippen molar-refractivity contribution in [3.63, 3.8) is 0 Å². The van der Waals surface area contributed by atoms with Crippen LogP contribution in [0.25, 0.3) is 0 Å². The van der Waals surface area contributed by atoms with Crippen molar-refractivity contribution in [2.45, 2.75) is 45.6 Å². The van der Waals surface area contributed by atoms with Gasteiger partial charge in [-0.05, 0) is 38.5 Å². The molecule has 1 atom stereocenters. The van der Waals surface area contributed by atoms with Gasteiger partial charge in [-0.15, -0.1) is 11.3 Å². The Bertz CT molecular complexity index is 629. The van der Waals surface area contributed by atoms with E-state index >= 15 is 0 Å². The third-order valence-corrected chi connectivity index (χ3v) is 4.90. The van der Waals surface area contributed by atoms with Gasteiger partial charge in [0.05, 0.1) is 23.4 Å². The molecular formula is C15H20N4OS. The molecule has 1 saturated carbocycles. The van der Waals surface area contributed by atoms with E-state index < -0.39 is 0 Å². The molecule has 0 aliphatic heterocycles. The highest BCUT2D eigenvalue weighted by molar-refractivity contribution is 7.13. The van der Waals surface area contributed by atoms with Crippen molar-refractivity contribution >= 4 is 23.1 Å². The Balaban J connectivity index is 1.70. The van der Waals surface area contributed by atoms with Crippen LogP contribution < -0.4 is 5.32 Å². The van der Waals surface area contributed by atoms with Crippen molar-refractivity contribution in [3.05, 3.63) is 28.3 Å². The zero-order chi connectivity index (χ0) is 14.8. The molecule has 0 saturated heterocycles. The first kappa shape index (κ1) is 14.3. The number of hydrogen-bond acceptors (Lipinski definition) is 4. The number of aromatic nitrogens is 3. The number of carbonyl (C=O) groups is 1. The lowest BCUT2D eigenvalue weighted by Gasteiger charge is -2.14. The van der Waals surface area contributed by atoms with Crippen LogP contribution >= 0.6 is 11.3 Å². The van der Waals surface area contributed by atoms with Gasteiger partial charge in [-0.1, -0.05) is 6.92 Å². The van der Waals surface area contributed by atoms with E-state index in [-0.39, 0.29) is 5.91 Å². The fraction of sp³-hybridized carbons (Fsp3) is 0.533. The van der Waals surface area contributed by atoms with Crippen LogP contribution in [0.2, 0.25) is 0 Å². The minimum atomic E-state index is -0.0976. The number of thiazole rings is 1. The molecule has 1 aliphatic carbocycles. The van der Waals surface area contributed by atoms with Crippen LogP contribution in [-0.4, -0.2) is 20.7 Å². The molecule has 2 aromatic heterocycles. The molecule has 1 fully saturated rings. The van der Waals surface area contributed by atoms with E-state index in [0.717, 1.165) is 23.7 Å². The summed E-state index contributed by atoms with van der Waals surface area (Å²) in [6.07, 6.45) is 7.88. The maximum absolute atomic E-state index is 12.3. The number of nitrogens with one attached hydrogen (secondary N) is 1. The first-order valence-corrected chi connectivity index (χ1v) is 8.30. The Hall–Kier alpha value is -1.69. The van der Waals surface area contributed by atoms with Crippen molar-refractivity contribution in [3.8, 4) is 0 Å². The molecule has 2 aromatic rings. The Morgan fingerprint density at radius 2 is 2.38 bits per heavy atom. The van der Waals surface area contributed by atoms with Crippen LogP contribution in [0.4, 0.5) is 5.82 Å². The number of hydrogen-bond donors (Lipinski definition) is 1. The monoisotopic (exact) mass is 304 g/mol. The van der Waals surface area contributed by atoms with Gasteiger partial charge in [-0.25, -0.2) is 9.67 Å². The van der Waals surface area contributed by atoms with Gasteiger partial charge in [0.25, 0.3) is 5.91 Å². The third kappa shape index (κ3) is 3.15. The fourth-order valence-electron chi connectivity index (χ4n) is 2.44. The lowest BCUT2D eigenvalue weighted by molar-refractivity contribution is 0.102. The molecule has 2 heterocycles. The summed E-state index contributed by atoms with van der Waals surface area (Å²) in [5.41, 5.74) is 0. The molecule has 112 valence electrons. The first-order chi connectivity index (χ1) is 10.2. The normalized spacial score (nSPS) is 15.9. The second-order valence-corrected chi connectivity index (χ2v) is 6.68. The summed E-state index contributed by atoms with van der Waals surface area (Å²) >= 11 is 1.47. The third-order valence-electron chi connectivity index (χ3n) is 3.84. The van der Waals surface area contributed by atoms with Crippen molar-refractivity contribution in [1.82, 2.24) is 14.8 Å². The number of rotatable bonds is 6. The molecule has 3 rings (SSSR count). The summed E-state index contributed by atoms with van der Waals surface area (Å²) in [6, 6.07) is 2.19. The van der Waals surface area contributed by atoms with E-state index in [1.807, 2.05) is 10.7 Å². The molecule has 1 N–H and O–H groups in total. The highest BCUT2D eigenvalue weighted by atomic mass is 32.1. The van der Waals surface area contributed by atoms with Gasteiger partial charge >= 0.3 is 0 Å². The minimum Gasteiger partial charge on any atom is -0.306 e. The summed E-state index contributed by atoms with van der Waals surface area (Å²) in [5, 5.41) is 8.32. The quantitative estimate of drug-likeness (QED) is 0.888. The topological polar surface area (TPSA) is 59.8 Å². The summed E-state index contributed by atoms with van der Waals surface area (Å²) in [4.78, 5) is 17.3. The van der Waals surface area contributed by atoms with Gasteiger partial charge in [-0.2, -0.15) is 5.10 Å². The Kier molecular flexibility index (Phi) is 4.05. The van der Waals surface area contributed by atoms with E-state index in [4.69, 9.17) is 0 Å². The average Bonchev–Trinajstić information content (AvgIpc) is 3.04. The van der Waals surface area contributed by atoms with E-state index in [1.54, 1.807) is 12.4 Å². The highest BCUT2D eigenvalue weighted by Crippen LogP contribution is 2.40. The molecule has 5 nitrogen and oxygen atoms in total. The zero-order valence-electron chi connectivity index (χ0n) is 12.4. The summed E-state index contributed by atoms with van der Waals surface area (Å²) in [5.74, 6) is 1.37. The molecular weight excluding hydrogens is 284 g/mol. The molecule has 1 amide bonds. The molecule has 0 spiro atoms. The van der Waals surface area contributed by atoms with E-state index in [1.165, 1.54) is 24.2 Å². The number of nitrogens with zero attached hydrogens (tertiary/aromatic N) is 3. The summed E-state index contributed by atoms with van der Waals surface area (Å²) < 4.78 is 1.92. The van der Waals surface area contributed by atoms with Crippen LogP contribution in [0.5, 0.6) is 0 Å².